The largest absolute Gasteiger partial charge is 0.271 e. The summed E-state index contributed by atoms with van der Waals surface area (Å²) in [5.41, 5.74) is 0.479. The van der Waals surface area contributed by atoms with E-state index in [4.69, 9.17) is 0 Å². The summed E-state index contributed by atoms with van der Waals surface area (Å²) in [6.07, 6.45) is 0. The lowest BCUT2D eigenvalue weighted by Gasteiger charge is -2.67. The summed E-state index contributed by atoms with van der Waals surface area (Å²) in [5, 5.41) is 0. The molecule has 0 aromatic carbocycles. The second-order valence-electron chi connectivity index (χ2n) is 4.11. The summed E-state index contributed by atoms with van der Waals surface area (Å²) in [6, 6.07) is 0. The molecule has 0 bridgehead atoms. The predicted molar refractivity (Wildman–Crippen MR) is 43.7 cm³/mol. The first kappa shape index (κ1) is 8.02. The van der Waals surface area contributed by atoms with Gasteiger partial charge in [-0.25, -0.2) is 0 Å². The van der Waals surface area contributed by atoms with Crippen LogP contribution in [0.2, 0.25) is 0 Å². The summed E-state index contributed by atoms with van der Waals surface area (Å²) in [7, 11) is 4.33. The van der Waals surface area contributed by atoms with Crippen LogP contribution in [-0.4, -0.2) is 35.2 Å². The van der Waals surface area contributed by atoms with Crippen LogP contribution in [0, 0.1) is 0 Å². The molecule has 0 unspecified atom stereocenters. The average Bonchev–Trinajstić information content (AvgIpc) is 1.84. The first-order valence-electron chi connectivity index (χ1n) is 3.79. The molecule has 2 nitrogen and oxygen atoms in total. The zero-order valence-corrected chi connectivity index (χ0v) is 7.89. The third kappa shape index (κ3) is 0.663. The molecule has 0 N–H and O–H groups in total. The molecular formula is C8H18N2. The first-order chi connectivity index (χ1) is 4.31. The summed E-state index contributed by atoms with van der Waals surface area (Å²) >= 11 is 0. The van der Waals surface area contributed by atoms with Crippen molar-refractivity contribution in [3.05, 3.63) is 0 Å². The van der Waals surface area contributed by atoms with E-state index in [0.717, 1.165) is 0 Å². The molecule has 0 spiro atoms. The van der Waals surface area contributed by atoms with Crippen molar-refractivity contribution in [2.24, 2.45) is 0 Å². The van der Waals surface area contributed by atoms with E-state index >= 15 is 0 Å². The van der Waals surface area contributed by atoms with Crippen LogP contribution in [0.5, 0.6) is 0 Å². The van der Waals surface area contributed by atoms with Crippen molar-refractivity contribution in [3.63, 3.8) is 0 Å². The molecule has 0 amide bonds. The fraction of sp³-hybridized carbons (Fsp3) is 1.00. The van der Waals surface area contributed by atoms with Gasteiger partial charge >= 0.3 is 0 Å². The molecule has 1 aliphatic heterocycles. The van der Waals surface area contributed by atoms with Crippen molar-refractivity contribution in [1.82, 2.24) is 9.80 Å². The summed E-state index contributed by atoms with van der Waals surface area (Å²) in [5.74, 6) is 0. The fourth-order valence-corrected chi connectivity index (χ4v) is 1.74. The molecule has 1 rings (SSSR count). The minimum absolute atomic E-state index is 0.240. The quantitative estimate of drug-likeness (QED) is 0.503. The molecule has 1 saturated heterocycles. The number of hydrogen-bond acceptors (Lipinski definition) is 2. The molecule has 0 aromatic rings. The van der Waals surface area contributed by atoms with Gasteiger partial charge in [-0.05, 0) is 41.8 Å². The zero-order valence-electron chi connectivity index (χ0n) is 7.89. The van der Waals surface area contributed by atoms with Gasteiger partial charge in [0.05, 0.1) is 11.3 Å². The van der Waals surface area contributed by atoms with Crippen molar-refractivity contribution in [2.75, 3.05) is 14.1 Å². The highest BCUT2D eigenvalue weighted by atomic mass is 15.6. The lowest BCUT2D eigenvalue weighted by molar-refractivity contribution is -0.257. The molecule has 0 radical (unpaired) electrons. The van der Waals surface area contributed by atoms with Crippen molar-refractivity contribution >= 4 is 0 Å². The molecule has 0 aliphatic carbocycles. The van der Waals surface area contributed by atoms with Crippen LogP contribution in [0.4, 0.5) is 0 Å². The molecule has 10 heavy (non-hydrogen) atoms. The van der Waals surface area contributed by atoms with Crippen molar-refractivity contribution in [1.29, 1.82) is 0 Å². The van der Waals surface area contributed by atoms with Gasteiger partial charge < -0.3 is 0 Å². The minimum atomic E-state index is 0.240. The highest BCUT2D eigenvalue weighted by Gasteiger charge is 2.53. The predicted octanol–water partition coefficient (Wildman–Crippen LogP) is 1.34. The Balaban J connectivity index is 2.78. The molecule has 0 atom stereocenters. The SMILES string of the molecule is CN1C(C)(C)N(C)C1(C)C. The van der Waals surface area contributed by atoms with Crippen LogP contribution in [0.25, 0.3) is 0 Å². The van der Waals surface area contributed by atoms with Gasteiger partial charge in [0, 0.05) is 0 Å². The van der Waals surface area contributed by atoms with Crippen LogP contribution in [-0.2, 0) is 0 Å². The molecule has 1 fully saturated rings. The molecule has 1 aliphatic rings. The Morgan fingerprint density at radius 1 is 0.700 bits per heavy atom. The third-order valence-electron chi connectivity index (χ3n) is 3.28. The van der Waals surface area contributed by atoms with E-state index in [9.17, 15) is 0 Å². The Bertz CT molecular complexity index is 119. The highest BCUT2D eigenvalue weighted by Crippen LogP contribution is 2.40. The molecule has 0 saturated carbocycles. The van der Waals surface area contributed by atoms with E-state index in [0.29, 0.717) is 0 Å². The third-order valence-corrected chi connectivity index (χ3v) is 3.28. The number of hydrogen-bond donors (Lipinski definition) is 0. The first-order valence-corrected chi connectivity index (χ1v) is 3.79. The molecule has 1 heterocycles. The van der Waals surface area contributed by atoms with Gasteiger partial charge in [0.1, 0.15) is 0 Å². The monoisotopic (exact) mass is 142 g/mol. The molecule has 60 valence electrons. The second-order valence-corrected chi connectivity index (χ2v) is 4.11. The van der Waals surface area contributed by atoms with Gasteiger partial charge in [-0.1, -0.05) is 0 Å². The highest BCUT2D eigenvalue weighted by molar-refractivity contribution is 5.01. The Morgan fingerprint density at radius 3 is 1.00 bits per heavy atom. The van der Waals surface area contributed by atoms with E-state index in [1.165, 1.54) is 0 Å². The minimum Gasteiger partial charge on any atom is -0.271 e. The van der Waals surface area contributed by atoms with E-state index in [1.54, 1.807) is 0 Å². The molecular weight excluding hydrogens is 124 g/mol. The Morgan fingerprint density at radius 2 is 0.900 bits per heavy atom. The van der Waals surface area contributed by atoms with E-state index < -0.39 is 0 Å². The Labute approximate surface area is 63.8 Å². The van der Waals surface area contributed by atoms with Crippen LogP contribution >= 0.6 is 0 Å². The van der Waals surface area contributed by atoms with Crippen LogP contribution in [0.1, 0.15) is 27.7 Å². The van der Waals surface area contributed by atoms with Crippen LogP contribution in [0.15, 0.2) is 0 Å². The van der Waals surface area contributed by atoms with E-state index in [2.05, 4.69) is 51.6 Å². The molecule has 2 heteroatoms. The lowest BCUT2D eigenvalue weighted by Crippen LogP contribution is -2.80. The number of nitrogens with zero attached hydrogens (tertiary/aromatic N) is 2. The Kier molecular flexibility index (Phi) is 1.40. The topological polar surface area (TPSA) is 6.48 Å². The maximum atomic E-state index is 2.38. The average molecular weight is 142 g/mol. The maximum Gasteiger partial charge on any atom is 0.0704 e. The maximum absolute atomic E-state index is 2.38. The zero-order chi connectivity index (χ0) is 8.15. The van der Waals surface area contributed by atoms with Crippen LogP contribution < -0.4 is 0 Å². The van der Waals surface area contributed by atoms with Gasteiger partial charge in [0.25, 0.3) is 0 Å². The Hall–Kier alpha value is -0.0800. The normalized spacial score (nSPS) is 31.8. The van der Waals surface area contributed by atoms with Crippen molar-refractivity contribution in [3.8, 4) is 0 Å². The smallest absolute Gasteiger partial charge is 0.0704 e. The summed E-state index contributed by atoms with van der Waals surface area (Å²) in [6.45, 7) is 8.94. The van der Waals surface area contributed by atoms with Crippen molar-refractivity contribution in [2.45, 2.75) is 39.0 Å². The molecule has 0 aromatic heterocycles. The summed E-state index contributed by atoms with van der Waals surface area (Å²) < 4.78 is 0. The van der Waals surface area contributed by atoms with Gasteiger partial charge in [-0.3, -0.25) is 9.80 Å². The van der Waals surface area contributed by atoms with Crippen LogP contribution in [0.3, 0.4) is 0 Å². The van der Waals surface area contributed by atoms with Gasteiger partial charge in [-0.2, -0.15) is 0 Å². The standard InChI is InChI=1S/C8H18N2/c1-7(2)9(5)8(3,4)10(7)6/h1-6H3. The second kappa shape index (κ2) is 1.74. The van der Waals surface area contributed by atoms with Gasteiger partial charge in [-0.15, -0.1) is 0 Å². The van der Waals surface area contributed by atoms with E-state index in [1.807, 2.05) is 0 Å². The number of rotatable bonds is 0. The summed E-state index contributed by atoms with van der Waals surface area (Å²) in [4.78, 5) is 4.75. The van der Waals surface area contributed by atoms with Gasteiger partial charge in [0.2, 0.25) is 0 Å². The fourth-order valence-electron chi connectivity index (χ4n) is 1.74. The van der Waals surface area contributed by atoms with Gasteiger partial charge in [0.15, 0.2) is 0 Å². The van der Waals surface area contributed by atoms with E-state index in [-0.39, 0.29) is 11.3 Å². The lowest BCUT2D eigenvalue weighted by atomic mass is 9.94. The van der Waals surface area contributed by atoms with Crippen molar-refractivity contribution < 1.29 is 0 Å².